The standard InChI is InChI=1S/C18H19N3O2/c1-3-5-11-21(16(22)4-2)18-17(14-9-8-13-23-14)19-15-10-6-7-12-20(15)18/h4,6-10,12-13H,2-3,5,11H2,1H3. The van der Waals surface area contributed by atoms with Crippen molar-refractivity contribution in [3.8, 4) is 11.5 Å². The summed E-state index contributed by atoms with van der Waals surface area (Å²) in [6.45, 7) is 6.33. The van der Waals surface area contributed by atoms with Gasteiger partial charge in [0.2, 0.25) is 0 Å². The molecule has 3 heterocycles. The zero-order valence-corrected chi connectivity index (χ0v) is 13.1. The molecule has 0 unspecified atom stereocenters. The number of imidazole rings is 1. The lowest BCUT2D eigenvalue weighted by Crippen LogP contribution is -2.31. The lowest BCUT2D eigenvalue weighted by atomic mass is 10.2. The normalized spacial score (nSPS) is 10.8. The average Bonchev–Trinajstić information content (AvgIpc) is 3.22. The first kappa shape index (κ1) is 15.1. The summed E-state index contributed by atoms with van der Waals surface area (Å²) in [5.41, 5.74) is 1.43. The van der Waals surface area contributed by atoms with Crippen LogP contribution in [0.15, 0.2) is 59.9 Å². The summed E-state index contributed by atoms with van der Waals surface area (Å²) < 4.78 is 7.43. The van der Waals surface area contributed by atoms with E-state index >= 15 is 0 Å². The average molecular weight is 309 g/mol. The highest BCUT2D eigenvalue weighted by atomic mass is 16.3. The third kappa shape index (κ3) is 2.77. The zero-order valence-electron chi connectivity index (χ0n) is 13.1. The van der Waals surface area contributed by atoms with Gasteiger partial charge in [-0.05, 0) is 36.8 Å². The molecular formula is C18H19N3O2. The Kier molecular flexibility index (Phi) is 4.28. The van der Waals surface area contributed by atoms with Crippen molar-refractivity contribution in [3.63, 3.8) is 0 Å². The van der Waals surface area contributed by atoms with E-state index in [1.807, 2.05) is 40.9 Å². The molecule has 5 nitrogen and oxygen atoms in total. The van der Waals surface area contributed by atoms with Gasteiger partial charge < -0.3 is 4.42 Å². The molecule has 0 bridgehead atoms. The minimum absolute atomic E-state index is 0.142. The smallest absolute Gasteiger partial charge is 0.251 e. The number of pyridine rings is 1. The van der Waals surface area contributed by atoms with Gasteiger partial charge in [-0.3, -0.25) is 14.1 Å². The number of nitrogens with zero attached hydrogens (tertiary/aromatic N) is 3. The van der Waals surface area contributed by atoms with Crippen molar-refractivity contribution in [1.29, 1.82) is 0 Å². The second kappa shape index (κ2) is 6.52. The lowest BCUT2D eigenvalue weighted by Gasteiger charge is -2.21. The summed E-state index contributed by atoms with van der Waals surface area (Å²) >= 11 is 0. The molecule has 0 saturated heterocycles. The molecule has 3 rings (SSSR count). The van der Waals surface area contributed by atoms with Crippen LogP contribution in [-0.4, -0.2) is 21.8 Å². The number of fused-ring (bicyclic) bond motifs is 1. The molecule has 3 aromatic heterocycles. The molecule has 0 aliphatic heterocycles. The van der Waals surface area contributed by atoms with Crippen LogP contribution >= 0.6 is 0 Å². The SMILES string of the molecule is C=CC(=O)N(CCCC)c1c(-c2ccco2)nc2ccccn12. The number of hydrogen-bond acceptors (Lipinski definition) is 3. The van der Waals surface area contributed by atoms with Crippen molar-refractivity contribution in [3.05, 3.63) is 55.4 Å². The van der Waals surface area contributed by atoms with E-state index < -0.39 is 0 Å². The summed E-state index contributed by atoms with van der Waals surface area (Å²) in [6.07, 6.45) is 6.74. The van der Waals surface area contributed by atoms with Gasteiger partial charge >= 0.3 is 0 Å². The number of rotatable bonds is 6. The second-order valence-electron chi connectivity index (χ2n) is 5.24. The molecule has 23 heavy (non-hydrogen) atoms. The highest BCUT2D eigenvalue weighted by Gasteiger charge is 2.24. The number of hydrogen-bond donors (Lipinski definition) is 0. The monoisotopic (exact) mass is 309 g/mol. The number of anilines is 1. The minimum Gasteiger partial charge on any atom is -0.463 e. The first-order valence-electron chi connectivity index (χ1n) is 7.71. The fraction of sp³-hybridized carbons (Fsp3) is 0.222. The molecule has 0 fully saturated rings. The Bertz CT molecular complexity index is 818. The fourth-order valence-corrected chi connectivity index (χ4v) is 2.57. The van der Waals surface area contributed by atoms with Crippen LogP contribution in [0.4, 0.5) is 5.82 Å². The van der Waals surface area contributed by atoms with E-state index in [1.165, 1.54) is 6.08 Å². The number of furan rings is 1. The predicted molar refractivity (Wildman–Crippen MR) is 90.4 cm³/mol. The fourth-order valence-electron chi connectivity index (χ4n) is 2.57. The predicted octanol–water partition coefficient (Wildman–Crippen LogP) is 3.91. The maximum absolute atomic E-state index is 12.4. The Morgan fingerprint density at radius 3 is 2.96 bits per heavy atom. The van der Waals surface area contributed by atoms with Gasteiger partial charge in [0.15, 0.2) is 11.6 Å². The van der Waals surface area contributed by atoms with Crippen LogP contribution in [0, 0.1) is 0 Å². The number of carbonyl (C=O) groups excluding carboxylic acids is 1. The van der Waals surface area contributed by atoms with Gasteiger partial charge in [-0.25, -0.2) is 4.98 Å². The van der Waals surface area contributed by atoms with Crippen molar-refractivity contribution in [2.24, 2.45) is 0 Å². The highest BCUT2D eigenvalue weighted by molar-refractivity contribution is 6.02. The minimum atomic E-state index is -0.142. The number of carbonyl (C=O) groups is 1. The van der Waals surface area contributed by atoms with E-state index in [1.54, 1.807) is 11.2 Å². The molecule has 118 valence electrons. The molecule has 0 aromatic carbocycles. The van der Waals surface area contributed by atoms with Crippen LogP contribution in [0.5, 0.6) is 0 Å². The molecule has 0 atom stereocenters. The van der Waals surface area contributed by atoms with Crippen LogP contribution in [0.3, 0.4) is 0 Å². The van der Waals surface area contributed by atoms with Crippen molar-refractivity contribution in [2.45, 2.75) is 19.8 Å². The molecule has 1 amide bonds. The van der Waals surface area contributed by atoms with Crippen LogP contribution in [0.1, 0.15) is 19.8 Å². The van der Waals surface area contributed by atoms with Gasteiger partial charge in [0.05, 0.1) is 6.26 Å². The van der Waals surface area contributed by atoms with Gasteiger partial charge in [0.25, 0.3) is 5.91 Å². The van der Waals surface area contributed by atoms with Gasteiger partial charge in [0, 0.05) is 12.7 Å². The topological polar surface area (TPSA) is 50.8 Å². The van der Waals surface area contributed by atoms with E-state index in [4.69, 9.17) is 4.42 Å². The lowest BCUT2D eigenvalue weighted by molar-refractivity contribution is -0.114. The van der Waals surface area contributed by atoms with E-state index in [9.17, 15) is 4.79 Å². The summed E-state index contributed by atoms with van der Waals surface area (Å²) in [5, 5.41) is 0. The Morgan fingerprint density at radius 1 is 1.39 bits per heavy atom. The van der Waals surface area contributed by atoms with Crippen LogP contribution in [-0.2, 0) is 4.79 Å². The van der Waals surface area contributed by atoms with Crippen molar-refractivity contribution in [2.75, 3.05) is 11.4 Å². The van der Waals surface area contributed by atoms with Gasteiger partial charge in [-0.1, -0.05) is 26.0 Å². The summed E-state index contributed by atoms with van der Waals surface area (Å²) in [6, 6.07) is 9.41. The molecular weight excluding hydrogens is 290 g/mol. The Morgan fingerprint density at radius 2 is 2.26 bits per heavy atom. The van der Waals surface area contributed by atoms with Crippen LogP contribution < -0.4 is 4.90 Å². The molecule has 0 aliphatic carbocycles. The quantitative estimate of drug-likeness (QED) is 0.649. The van der Waals surface area contributed by atoms with Crippen LogP contribution in [0.2, 0.25) is 0 Å². The first-order valence-corrected chi connectivity index (χ1v) is 7.71. The number of unbranched alkanes of at least 4 members (excludes halogenated alkanes) is 1. The maximum atomic E-state index is 12.4. The largest absolute Gasteiger partial charge is 0.463 e. The molecule has 0 spiro atoms. The maximum Gasteiger partial charge on any atom is 0.251 e. The molecule has 0 aliphatic rings. The summed E-state index contributed by atoms with van der Waals surface area (Å²) in [7, 11) is 0. The van der Waals surface area contributed by atoms with Crippen molar-refractivity contribution in [1.82, 2.24) is 9.38 Å². The first-order chi connectivity index (χ1) is 11.3. The van der Waals surface area contributed by atoms with E-state index in [0.717, 1.165) is 18.5 Å². The van der Waals surface area contributed by atoms with Gasteiger partial charge in [0.1, 0.15) is 11.3 Å². The molecule has 5 heteroatoms. The molecule has 0 N–H and O–H groups in total. The third-order valence-electron chi connectivity index (χ3n) is 3.69. The van der Waals surface area contributed by atoms with E-state index in [-0.39, 0.29) is 5.91 Å². The van der Waals surface area contributed by atoms with Crippen molar-refractivity contribution >= 4 is 17.4 Å². The molecule has 0 saturated carbocycles. The number of amides is 1. The molecule has 0 radical (unpaired) electrons. The third-order valence-corrected chi connectivity index (χ3v) is 3.69. The second-order valence-corrected chi connectivity index (χ2v) is 5.24. The zero-order chi connectivity index (χ0) is 16.2. The Hall–Kier alpha value is -2.82. The highest BCUT2D eigenvalue weighted by Crippen LogP contribution is 2.32. The van der Waals surface area contributed by atoms with Crippen LogP contribution in [0.25, 0.3) is 17.1 Å². The summed E-state index contributed by atoms with van der Waals surface area (Å²) in [4.78, 5) is 18.8. The molecule has 3 aromatic rings. The van der Waals surface area contributed by atoms with E-state index in [0.29, 0.717) is 23.8 Å². The number of aromatic nitrogens is 2. The Labute approximate surface area is 134 Å². The van der Waals surface area contributed by atoms with Gasteiger partial charge in [-0.15, -0.1) is 0 Å². The van der Waals surface area contributed by atoms with Crippen molar-refractivity contribution < 1.29 is 9.21 Å². The summed E-state index contributed by atoms with van der Waals surface area (Å²) in [5.74, 6) is 1.22. The van der Waals surface area contributed by atoms with E-state index in [2.05, 4.69) is 18.5 Å². The Balaban J connectivity index is 2.21. The van der Waals surface area contributed by atoms with Gasteiger partial charge in [-0.2, -0.15) is 0 Å².